The first kappa shape index (κ1) is 17.7. The van der Waals surface area contributed by atoms with E-state index in [-0.39, 0.29) is 18.5 Å². The summed E-state index contributed by atoms with van der Waals surface area (Å²) in [6.07, 6.45) is 2.43. The quantitative estimate of drug-likeness (QED) is 0.916. The number of aliphatic hydroxyl groups excluding tert-OH is 1. The molecule has 2 aliphatic heterocycles. The molecule has 138 valence electrons. The molecule has 2 aromatic carbocycles. The monoisotopic (exact) mass is 354 g/mol. The van der Waals surface area contributed by atoms with Crippen molar-refractivity contribution in [3.63, 3.8) is 0 Å². The molecular weight excluding hydrogens is 327 g/mol. The lowest BCUT2D eigenvalue weighted by Crippen LogP contribution is -2.67. The summed E-state index contributed by atoms with van der Waals surface area (Å²) in [6, 6.07) is 15.9. The third kappa shape index (κ3) is 3.29. The van der Waals surface area contributed by atoms with Gasteiger partial charge in [0.15, 0.2) is 0 Å². The van der Waals surface area contributed by atoms with Crippen LogP contribution in [0.3, 0.4) is 0 Å². The third-order valence-corrected chi connectivity index (χ3v) is 6.05. The fraction of sp³-hybridized carbons (Fsp3) is 0.455. The van der Waals surface area contributed by atoms with Crippen molar-refractivity contribution in [1.82, 2.24) is 9.80 Å². The van der Waals surface area contributed by atoms with Crippen LogP contribution in [-0.4, -0.2) is 60.3 Å². The van der Waals surface area contributed by atoms with Crippen LogP contribution in [0.1, 0.15) is 24.3 Å². The highest BCUT2D eigenvalue weighted by Gasteiger charge is 2.48. The van der Waals surface area contributed by atoms with Crippen molar-refractivity contribution in [3.05, 3.63) is 59.9 Å². The number of nitrogens with zero attached hydrogens (tertiary/aromatic N) is 2. The zero-order chi connectivity index (χ0) is 18.1. The van der Waals surface area contributed by atoms with E-state index >= 15 is 0 Å². The maximum atomic E-state index is 13.1. The van der Waals surface area contributed by atoms with Crippen molar-refractivity contribution in [1.29, 1.82) is 0 Å². The summed E-state index contributed by atoms with van der Waals surface area (Å²) in [5.74, 6) is 0.168. The largest absolute Gasteiger partial charge is 0.395 e. The summed E-state index contributed by atoms with van der Waals surface area (Å²) >= 11 is 0. The molecule has 2 fully saturated rings. The Balaban J connectivity index is 1.56. The molecule has 1 N–H and O–H groups in total. The first-order valence-corrected chi connectivity index (χ1v) is 9.58. The summed E-state index contributed by atoms with van der Waals surface area (Å²) < 4.78 is 13.1. The molecule has 2 aliphatic rings. The van der Waals surface area contributed by atoms with Crippen molar-refractivity contribution in [2.75, 3.05) is 33.3 Å². The van der Waals surface area contributed by atoms with E-state index in [0.29, 0.717) is 12.0 Å². The van der Waals surface area contributed by atoms with Crippen LogP contribution in [0.4, 0.5) is 4.39 Å². The lowest BCUT2D eigenvalue weighted by Gasteiger charge is -2.57. The zero-order valence-corrected chi connectivity index (χ0v) is 15.3. The van der Waals surface area contributed by atoms with Crippen molar-refractivity contribution >= 4 is 0 Å². The summed E-state index contributed by atoms with van der Waals surface area (Å²) in [5, 5.41) is 9.95. The zero-order valence-electron chi connectivity index (χ0n) is 15.3. The fourth-order valence-electron chi connectivity index (χ4n) is 4.65. The van der Waals surface area contributed by atoms with E-state index in [0.717, 1.165) is 30.8 Å². The van der Waals surface area contributed by atoms with Gasteiger partial charge in [0.05, 0.1) is 6.61 Å². The van der Waals surface area contributed by atoms with E-state index < -0.39 is 0 Å². The first-order chi connectivity index (χ1) is 12.7. The standard InChI is InChI=1S/C22H27FN2O/c1-24-12-2-3-13-25-20(14-24)22(21(25)15-26)18-6-4-16(5-7-18)17-8-10-19(23)11-9-17/h4-11,20-22,26H,2-3,12-15H2,1H3/t20-,21+,22-/m1/s1. The number of hydrogen-bond acceptors (Lipinski definition) is 3. The fourth-order valence-corrected chi connectivity index (χ4v) is 4.65. The number of fused-ring (bicyclic) bond motifs is 1. The molecule has 26 heavy (non-hydrogen) atoms. The van der Waals surface area contributed by atoms with Gasteiger partial charge < -0.3 is 10.0 Å². The molecule has 0 bridgehead atoms. The van der Waals surface area contributed by atoms with E-state index in [2.05, 4.69) is 41.1 Å². The molecule has 0 saturated carbocycles. The second-order valence-electron chi connectivity index (χ2n) is 7.68. The molecule has 0 unspecified atom stereocenters. The van der Waals surface area contributed by atoms with Gasteiger partial charge >= 0.3 is 0 Å². The van der Waals surface area contributed by atoms with Gasteiger partial charge in [-0.15, -0.1) is 0 Å². The highest BCUT2D eigenvalue weighted by Crippen LogP contribution is 2.42. The second kappa shape index (κ2) is 7.47. The maximum Gasteiger partial charge on any atom is 0.123 e. The Morgan fingerprint density at radius 3 is 2.23 bits per heavy atom. The van der Waals surface area contributed by atoms with Crippen LogP contribution < -0.4 is 0 Å². The second-order valence-corrected chi connectivity index (χ2v) is 7.68. The highest BCUT2D eigenvalue weighted by molar-refractivity contribution is 5.63. The summed E-state index contributed by atoms with van der Waals surface area (Å²) in [5.41, 5.74) is 3.42. The Bertz CT molecular complexity index is 731. The molecule has 0 amide bonds. The van der Waals surface area contributed by atoms with Crippen LogP contribution in [0, 0.1) is 5.82 Å². The Kier molecular flexibility index (Phi) is 5.07. The van der Waals surface area contributed by atoms with Crippen molar-refractivity contribution < 1.29 is 9.50 Å². The Morgan fingerprint density at radius 1 is 0.962 bits per heavy atom. The molecule has 0 radical (unpaired) electrons. The maximum absolute atomic E-state index is 13.1. The average Bonchev–Trinajstić information content (AvgIpc) is 2.64. The molecule has 0 spiro atoms. The average molecular weight is 354 g/mol. The van der Waals surface area contributed by atoms with Gasteiger partial charge in [0.25, 0.3) is 0 Å². The molecule has 4 rings (SSSR count). The molecular formula is C22H27FN2O. The molecule has 4 heteroatoms. The van der Waals surface area contributed by atoms with Gasteiger partial charge in [0, 0.05) is 24.5 Å². The predicted octanol–water partition coefficient (Wildman–Crippen LogP) is 3.35. The molecule has 0 aliphatic carbocycles. The SMILES string of the molecule is CN1CCCCN2[C@H](C1)[C@@H](c1ccc(-c3ccc(F)cc3)cc1)[C@@H]2CO. The van der Waals surface area contributed by atoms with Gasteiger partial charge in [-0.3, -0.25) is 4.90 Å². The lowest BCUT2D eigenvalue weighted by atomic mass is 9.74. The Labute approximate surface area is 155 Å². The molecule has 0 aromatic heterocycles. The van der Waals surface area contributed by atoms with Crippen molar-refractivity contribution in [2.45, 2.75) is 30.8 Å². The number of halogens is 1. The molecule has 2 saturated heterocycles. The minimum Gasteiger partial charge on any atom is -0.395 e. The van der Waals surface area contributed by atoms with E-state index in [1.807, 2.05) is 12.1 Å². The van der Waals surface area contributed by atoms with Crippen LogP contribution in [-0.2, 0) is 0 Å². The van der Waals surface area contributed by atoms with Gasteiger partial charge in [-0.1, -0.05) is 36.4 Å². The van der Waals surface area contributed by atoms with Crippen LogP contribution in [0.5, 0.6) is 0 Å². The third-order valence-electron chi connectivity index (χ3n) is 6.05. The summed E-state index contributed by atoms with van der Waals surface area (Å²) in [6.45, 7) is 3.52. The topological polar surface area (TPSA) is 26.7 Å². The molecule has 3 nitrogen and oxygen atoms in total. The van der Waals surface area contributed by atoms with Gasteiger partial charge in [-0.05, 0) is 61.8 Å². The van der Waals surface area contributed by atoms with Gasteiger partial charge in [0.1, 0.15) is 5.82 Å². The molecule has 2 heterocycles. The molecule has 3 atom stereocenters. The van der Waals surface area contributed by atoms with Gasteiger partial charge in [-0.2, -0.15) is 0 Å². The predicted molar refractivity (Wildman–Crippen MR) is 103 cm³/mol. The number of likely N-dealkylation sites (N-methyl/N-ethyl adjacent to an activating group) is 1. The van der Waals surface area contributed by atoms with Crippen molar-refractivity contribution in [3.8, 4) is 11.1 Å². The van der Waals surface area contributed by atoms with Crippen LogP contribution in [0.15, 0.2) is 48.5 Å². The minimum absolute atomic E-state index is 0.209. The van der Waals surface area contributed by atoms with Gasteiger partial charge in [-0.25, -0.2) is 4.39 Å². The Morgan fingerprint density at radius 2 is 1.58 bits per heavy atom. The van der Waals surface area contributed by atoms with Crippen LogP contribution in [0.25, 0.3) is 11.1 Å². The first-order valence-electron chi connectivity index (χ1n) is 9.58. The van der Waals surface area contributed by atoms with Crippen molar-refractivity contribution in [2.24, 2.45) is 0 Å². The Hall–Kier alpha value is -1.75. The highest BCUT2D eigenvalue weighted by atomic mass is 19.1. The summed E-state index contributed by atoms with van der Waals surface area (Å²) in [4.78, 5) is 4.92. The smallest absolute Gasteiger partial charge is 0.123 e. The lowest BCUT2D eigenvalue weighted by molar-refractivity contribution is -0.0614. The number of benzene rings is 2. The normalized spacial score (nSPS) is 27.3. The minimum atomic E-state index is -0.209. The van der Waals surface area contributed by atoms with E-state index in [1.165, 1.54) is 30.5 Å². The number of rotatable bonds is 3. The van der Waals surface area contributed by atoms with Crippen LogP contribution >= 0.6 is 0 Å². The van der Waals surface area contributed by atoms with Crippen LogP contribution in [0.2, 0.25) is 0 Å². The van der Waals surface area contributed by atoms with E-state index in [4.69, 9.17) is 0 Å². The van der Waals surface area contributed by atoms with E-state index in [1.54, 1.807) is 0 Å². The number of aliphatic hydroxyl groups is 1. The van der Waals surface area contributed by atoms with Gasteiger partial charge in [0.2, 0.25) is 0 Å². The van der Waals surface area contributed by atoms with E-state index in [9.17, 15) is 9.50 Å². The molecule has 2 aromatic rings. The summed E-state index contributed by atoms with van der Waals surface area (Å²) in [7, 11) is 2.20. The number of hydrogen-bond donors (Lipinski definition) is 1.